The van der Waals surface area contributed by atoms with Gasteiger partial charge in [-0.2, -0.15) is 4.80 Å². The number of rotatable bonds is 3. The molecule has 1 amide bonds. The summed E-state index contributed by atoms with van der Waals surface area (Å²) in [5, 5.41) is 14.7. The van der Waals surface area contributed by atoms with Crippen molar-refractivity contribution in [3.05, 3.63) is 83.2 Å². The van der Waals surface area contributed by atoms with Crippen LogP contribution in [0.3, 0.4) is 0 Å². The van der Waals surface area contributed by atoms with E-state index in [0.29, 0.717) is 11.2 Å². The summed E-state index contributed by atoms with van der Waals surface area (Å²) in [5.41, 5.74) is 5.22. The van der Waals surface area contributed by atoms with Crippen LogP contribution in [0.15, 0.2) is 60.7 Å². The minimum Gasteiger partial charge on any atom is -0.332 e. The van der Waals surface area contributed by atoms with Crippen LogP contribution in [0.25, 0.3) is 16.7 Å². The molecule has 30 heavy (non-hydrogen) atoms. The van der Waals surface area contributed by atoms with Crippen molar-refractivity contribution in [1.82, 2.24) is 20.3 Å². The minimum atomic E-state index is -0.490. The van der Waals surface area contributed by atoms with Crippen molar-refractivity contribution >= 4 is 40.0 Å². The van der Waals surface area contributed by atoms with E-state index in [1.54, 1.807) is 4.80 Å². The summed E-state index contributed by atoms with van der Waals surface area (Å²) in [6.45, 7) is 3.93. The molecule has 0 spiro atoms. The number of carbonyl (C=O) groups excluding carboxylic acids is 1. The van der Waals surface area contributed by atoms with Gasteiger partial charge in [-0.3, -0.25) is 10.1 Å². The SMILES string of the molecule is Cc1ccc(-n2nc3cc(C)c(NC(=S)NC(=O)c4cccc(F)c4)cc3n2)cc1. The highest BCUT2D eigenvalue weighted by atomic mass is 32.1. The first-order valence-electron chi connectivity index (χ1n) is 9.22. The molecule has 0 atom stereocenters. The van der Waals surface area contributed by atoms with E-state index in [1.807, 2.05) is 50.2 Å². The van der Waals surface area contributed by atoms with Crippen molar-refractivity contribution < 1.29 is 9.18 Å². The van der Waals surface area contributed by atoms with E-state index in [9.17, 15) is 9.18 Å². The number of amides is 1. The molecule has 3 aromatic carbocycles. The van der Waals surface area contributed by atoms with Crippen LogP contribution in [0.5, 0.6) is 0 Å². The van der Waals surface area contributed by atoms with Gasteiger partial charge >= 0.3 is 0 Å². The summed E-state index contributed by atoms with van der Waals surface area (Å²) < 4.78 is 13.3. The maximum Gasteiger partial charge on any atom is 0.257 e. The maximum atomic E-state index is 13.3. The van der Waals surface area contributed by atoms with Gasteiger partial charge in [-0.15, -0.1) is 10.2 Å². The summed E-state index contributed by atoms with van der Waals surface area (Å²) in [7, 11) is 0. The van der Waals surface area contributed by atoms with Crippen LogP contribution >= 0.6 is 12.2 Å². The Morgan fingerprint density at radius 1 is 1.00 bits per heavy atom. The molecule has 0 unspecified atom stereocenters. The number of hydrogen-bond acceptors (Lipinski definition) is 4. The molecule has 0 bridgehead atoms. The van der Waals surface area contributed by atoms with Gasteiger partial charge in [0.15, 0.2) is 5.11 Å². The van der Waals surface area contributed by atoms with Crippen LogP contribution in [-0.2, 0) is 0 Å². The predicted molar refractivity (Wildman–Crippen MR) is 118 cm³/mol. The normalized spacial score (nSPS) is 10.8. The molecule has 2 N–H and O–H groups in total. The lowest BCUT2D eigenvalue weighted by atomic mass is 10.2. The Morgan fingerprint density at radius 3 is 2.40 bits per heavy atom. The van der Waals surface area contributed by atoms with Crippen molar-refractivity contribution in [2.75, 3.05) is 5.32 Å². The third-order valence-electron chi connectivity index (χ3n) is 4.55. The molecular weight excluding hydrogens is 401 g/mol. The number of anilines is 1. The molecule has 1 aromatic heterocycles. The molecule has 0 saturated heterocycles. The van der Waals surface area contributed by atoms with Gasteiger partial charge in [-0.25, -0.2) is 4.39 Å². The number of carbonyl (C=O) groups is 1. The summed E-state index contributed by atoms with van der Waals surface area (Å²) in [4.78, 5) is 13.8. The monoisotopic (exact) mass is 419 g/mol. The van der Waals surface area contributed by atoms with E-state index in [0.717, 1.165) is 28.4 Å². The van der Waals surface area contributed by atoms with E-state index >= 15 is 0 Å². The van der Waals surface area contributed by atoms with Gasteiger partial charge in [0, 0.05) is 11.3 Å². The van der Waals surface area contributed by atoms with Crippen LogP contribution < -0.4 is 10.6 Å². The molecule has 0 aliphatic carbocycles. The Balaban J connectivity index is 1.53. The molecule has 150 valence electrons. The van der Waals surface area contributed by atoms with Gasteiger partial charge in [0.25, 0.3) is 5.91 Å². The van der Waals surface area contributed by atoms with Gasteiger partial charge < -0.3 is 5.32 Å². The molecule has 4 aromatic rings. The largest absolute Gasteiger partial charge is 0.332 e. The van der Waals surface area contributed by atoms with Gasteiger partial charge in [-0.05, 0) is 74.1 Å². The highest BCUT2D eigenvalue weighted by Gasteiger charge is 2.12. The standard InChI is InChI=1S/C22H18FN5OS/c1-13-6-8-17(9-7-13)28-26-19-10-14(2)18(12-20(19)27-28)24-22(30)25-21(29)15-4-3-5-16(23)11-15/h3-12H,1-2H3,(H2,24,25,29,30). The number of fused-ring (bicyclic) bond motifs is 1. The molecule has 8 heteroatoms. The summed E-state index contributed by atoms with van der Waals surface area (Å²) in [5.74, 6) is -0.976. The number of aryl methyl sites for hydroxylation is 2. The number of aromatic nitrogens is 3. The average molecular weight is 419 g/mol. The Bertz CT molecular complexity index is 1270. The molecule has 0 aliphatic rings. The van der Waals surface area contributed by atoms with Crippen LogP contribution in [0.2, 0.25) is 0 Å². The molecule has 0 aliphatic heterocycles. The minimum absolute atomic E-state index is 0.109. The second-order valence-corrected chi connectivity index (χ2v) is 7.31. The number of nitrogens with zero attached hydrogens (tertiary/aromatic N) is 3. The number of benzene rings is 3. The molecule has 6 nitrogen and oxygen atoms in total. The lowest BCUT2D eigenvalue weighted by Gasteiger charge is -2.11. The topological polar surface area (TPSA) is 71.8 Å². The predicted octanol–water partition coefficient (Wildman–Crippen LogP) is 4.30. The fraction of sp³-hybridized carbons (Fsp3) is 0.0909. The second-order valence-electron chi connectivity index (χ2n) is 6.90. The molecular formula is C22H18FN5OS. The average Bonchev–Trinajstić information content (AvgIpc) is 3.11. The first kappa shape index (κ1) is 19.7. The number of thiocarbonyl (C=S) groups is 1. The first-order valence-corrected chi connectivity index (χ1v) is 9.62. The first-order chi connectivity index (χ1) is 14.4. The van der Waals surface area contributed by atoms with Gasteiger partial charge in [0.1, 0.15) is 16.9 Å². The zero-order chi connectivity index (χ0) is 21.3. The van der Waals surface area contributed by atoms with E-state index < -0.39 is 11.7 Å². The fourth-order valence-electron chi connectivity index (χ4n) is 2.95. The van der Waals surface area contributed by atoms with E-state index in [4.69, 9.17) is 12.2 Å². The van der Waals surface area contributed by atoms with Crippen molar-refractivity contribution in [2.45, 2.75) is 13.8 Å². The second kappa shape index (κ2) is 8.00. The molecule has 4 rings (SSSR count). The lowest BCUT2D eigenvalue weighted by Crippen LogP contribution is -2.34. The number of nitrogens with one attached hydrogen (secondary N) is 2. The zero-order valence-corrected chi connectivity index (χ0v) is 17.1. The van der Waals surface area contributed by atoms with Crippen LogP contribution in [-0.4, -0.2) is 26.0 Å². The van der Waals surface area contributed by atoms with Crippen molar-refractivity contribution in [3.63, 3.8) is 0 Å². The van der Waals surface area contributed by atoms with Crippen LogP contribution in [0, 0.1) is 19.7 Å². The Kier molecular flexibility index (Phi) is 5.24. The van der Waals surface area contributed by atoms with Crippen LogP contribution in [0.4, 0.5) is 10.1 Å². The van der Waals surface area contributed by atoms with Crippen LogP contribution in [0.1, 0.15) is 21.5 Å². The smallest absolute Gasteiger partial charge is 0.257 e. The third-order valence-corrected chi connectivity index (χ3v) is 4.76. The Morgan fingerprint density at radius 2 is 1.70 bits per heavy atom. The molecule has 0 saturated carbocycles. The van der Waals surface area contributed by atoms with Crippen molar-refractivity contribution in [3.8, 4) is 5.69 Å². The third kappa shape index (κ3) is 4.18. The number of halogens is 1. The summed E-state index contributed by atoms with van der Waals surface area (Å²) in [6.07, 6.45) is 0. The molecule has 1 heterocycles. The Labute approximate surface area is 177 Å². The quantitative estimate of drug-likeness (QED) is 0.485. The Hall–Kier alpha value is -3.65. The molecule has 0 radical (unpaired) electrons. The highest BCUT2D eigenvalue weighted by molar-refractivity contribution is 7.80. The van der Waals surface area contributed by atoms with Gasteiger partial charge in [0.05, 0.1) is 5.69 Å². The van der Waals surface area contributed by atoms with Gasteiger partial charge in [0.2, 0.25) is 0 Å². The van der Waals surface area contributed by atoms with E-state index in [1.165, 1.54) is 18.2 Å². The molecule has 0 fully saturated rings. The van der Waals surface area contributed by atoms with Crippen molar-refractivity contribution in [2.24, 2.45) is 0 Å². The summed E-state index contributed by atoms with van der Waals surface area (Å²) in [6, 6.07) is 17.0. The maximum absolute atomic E-state index is 13.3. The zero-order valence-electron chi connectivity index (χ0n) is 16.3. The van der Waals surface area contributed by atoms with Crippen molar-refractivity contribution in [1.29, 1.82) is 0 Å². The highest BCUT2D eigenvalue weighted by Crippen LogP contribution is 2.22. The lowest BCUT2D eigenvalue weighted by molar-refractivity contribution is 0.0977. The van der Waals surface area contributed by atoms with Gasteiger partial charge in [-0.1, -0.05) is 23.8 Å². The fourth-order valence-corrected chi connectivity index (χ4v) is 3.16. The summed E-state index contributed by atoms with van der Waals surface area (Å²) >= 11 is 5.24. The van der Waals surface area contributed by atoms with E-state index in [2.05, 4.69) is 20.8 Å². The van der Waals surface area contributed by atoms with E-state index in [-0.39, 0.29) is 10.7 Å². The number of hydrogen-bond donors (Lipinski definition) is 2.